The number of carbonyl (C=O) groups excluding carboxylic acids is 1. The molecule has 1 N–H and O–H groups in total. The first-order chi connectivity index (χ1) is 11.0. The zero-order valence-electron chi connectivity index (χ0n) is 12.5. The minimum atomic E-state index is -0.536. The van der Waals surface area contributed by atoms with Gasteiger partial charge in [-0.05, 0) is 37.6 Å². The van der Waals surface area contributed by atoms with E-state index in [-0.39, 0.29) is 11.3 Å². The van der Waals surface area contributed by atoms with Gasteiger partial charge in [-0.25, -0.2) is 4.98 Å². The number of carbonyl (C=O) groups is 1. The molecule has 0 radical (unpaired) electrons. The summed E-state index contributed by atoms with van der Waals surface area (Å²) >= 11 is 1.34. The summed E-state index contributed by atoms with van der Waals surface area (Å²) in [5.41, 5.74) is 2.19. The molecule has 7 heteroatoms. The van der Waals surface area contributed by atoms with Crippen molar-refractivity contribution in [3.8, 4) is 0 Å². The number of aryl methyl sites for hydroxylation is 2. The monoisotopic (exact) mass is 327 g/mol. The molecule has 0 fully saturated rings. The van der Waals surface area contributed by atoms with Crippen molar-refractivity contribution in [2.75, 3.05) is 5.32 Å². The smallest absolute Gasteiger partial charge is 0.285 e. The van der Waals surface area contributed by atoms with Crippen molar-refractivity contribution in [2.24, 2.45) is 0 Å². The summed E-state index contributed by atoms with van der Waals surface area (Å²) < 4.78 is 0.957. The Kier molecular flexibility index (Phi) is 3.79. The van der Waals surface area contributed by atoms with Crippen LogP contribution in [0.3, 0.4) is 0 Å². The van der Waals surface area contributed by atoms with Crippen molar-refractivity contribution >= 4 is 38.3 Å². The van der Waals surface area contributed by atoms with E-state index in [0.717, 1.165) is 15.8 Å². The molecular weight excluding hydrogens is 314 g/mol. The lowest BCUT2D eigenvalue weighted by Gasteiger charge is -2.04. The van der Waals surface area contributed by atoms with Gasteiger partial charge in [0.15, 0.2) is 5.13 Å². The number of nitrogens with one attached hydrogen (secondary N) is 1. The van der Waals surface area contributed by atoms with E-state index in [9.17, 15) is 14.9 Å². The average molecular weight is 327 g/mol. The highest BCUT2D eigenvalue weighted by Crippen LogP contribution is 2.28. The van der Waals surface area contributed by atoms with E-state index in [1.165, 1.54) is 17.4 Å². The fraction of sp³-hybridized carbons (Fsp3) is 0.125. The Morgan fingerprint density at radius 3 is 2.78 bits per heavy atom. The lowest BCUT2D eigenvalue weighted by atomic mass is 10.1. The maximum atomic E-state index is 12.4. The molecule has 6 nitrogen and oxygen atoms in total. The number of amides is 1. The molecule has 1 aromatic heterocycles. The molecule has 0 spiro atoms. The Hall–Kier alpha value is -2.80. The lowest BCUT2D eigenvalue weighted by Crippen LogP contribution is -2.14. The minimum absolute atomic E-state index is 0.0328. The highest BCUT2D eigenvalue weighted by Gasteiger charge is 2.23. The van der Waals surface area contributed by atoms with Crippen LogP contribution in [0.1, 0.15) is 21.5 Å². The molecule has 0 unspecified atom stereocenters. The molecule has 23 heavy (non-hydrogen) atoms. The summed E-state index contributed by atoms with van der Waals surface area (Å²) in [4.78, 5) is 27.4. The van der Waals surface area contributed by atoms with Gasteiger partial charge in [0.25, 0.3) is 11.6 Å². The second-order valence-electron chi connectivity index (χ2n) is 5.17. The van der Waals surface area contributed by atoms with Crippen LogP contribution in [-0.2, 0) is 0 Å². The second-order valence-corrected chi connectivity index (χ2v) is 6.20. The molecule has 3 aromatic rings. The number of rotatable bonds is 3. The summed E-state index contributed by atoms with van der Waals surface area (Å²) in [6, 6.07) is 10.5. The Labute approximate surface area is 135 Å². The molecule has 2 aromatic carbocycles. The molecule has 0 aliphatic heterocycles. The average Bonchev–Trinajstić information content (AvgIpc) is 2.87. The number of nitro benzene ring substituents is 1. The van der Waals surface area contributed by atoms with Crippen molar-refractivity contribution in [3.63, 3.8) is 0 Å². The zero-order valence-corrected chi connectivity index (χ0v) is 13.3. The number of benzene rings is 2. The van der Waals surface area contributed by atoms with E-state index in [0.29, 0.717) is 10.7 Å². The number of aromatic nitrogens is 1. The third-order valence-electron chi connectivity index (χ3n) is 3.43. The number of anilines is 1. The summed E-state index contributed by atoms with van der Waals surface area (Å²) in [5.74, 6) is -0.531. The molecule has 1 heterocycles. The highest BCUT2D eigenvalue weighted by molar-refractivity contribution is 7.22. The zero-order chi connectivity index (χ0) is 16.6. The van der Waals surface area contributed by atoms with E-state index in [2.05, 4.69) is 10.3 Å². The van der Waals surface area contributed by atoms with Gasteiger partial charge < -0.3 is 0 Å². The SMILES string of the molecule is Cc1ccc2nc(NC(=O)c3cccc(C)c3[N+](=O)[O-])sc2c1. The number of nitrogens with zero attached hydrogens (tertiary/aromatic N) is 2. The Morgan fingerprint density at radius 2 is 2.04 bits per heavy atom. The van der Waals surface area contributed by atoms with E-state index in [1.54, 1.807) is 19.1 Å². The first-order valence-corrected chi connectivity index (χ1v) is 7.70. The molecule has 0 bridgehead atoms. The molecule has 0 saturated carbocycles. The molecule has 1 amide bonds. The third kappa shape index (κ3) is 2.91. The first-order valence-electron chi connectivity index (χ1n) is 6.88. The van der Waals surface area contributed by atoms with Crippen LogP contribution in [0.15, 0.2) is 36.4 Å². The Balaban J connectivity index is 1.95. The van der Waals surface area contributed by atoms with Gasteiger partial charge in [-0.1, -0.05) is 29.5 Å². The van der Waals surface area contributed by atoms with E-state index >= 15 is 0 Å². The number of fused-ring (bicyclic) bond motifs is 1. The van der Waals surface area contributed by atoms with E-state index < -0.39 is 10.8 Å². The molecule has 3 rings (SSSR count). The van der Waals surface area contributed by atoms with Crippen molar-refractivity contribution in [2.45, 2.75) is 13.8 Å². The van der Waals surface area contributed by atoms with Gasteiger partial charge in [-0.3, -0.25) is 20.2 Å². The standard InChI is InChI=1S/C16H13N3O3S/c1-9-6-7-12-13(8-9)23-16(17-12)18-15(20)11-5-3-4-10(2)14(11)19(21)22/h3-8H,1-2H3,(H,17,18,20). The molecule has 0 atom stereocenters. The quantitative estimate of drug-likeness (QED) is 0.580. The fourth-order valence-corrected chi connectivity index (χ4v) is 3.29. The van der Waals surface area contributed by atoms with Crippen LogP contribution in [0.5, 0.6) is 0 Å². The predicted octanol–water partition coefficient (Wildman–Crippen LogP) is 4.07. The topological polar surface area (TPSA) is 85.1 Å². The molecular formula is C16H13N3O3S. The van der Waals surface area contributed by atoms with Crippen molar-refractivity contribution < 1.29 is 9.72 Å². The maximum Gasteiger partial charge on any atom is 0.285 e. The number of hydrogen-bond acceptors (Lipinski definition) is 5. The van der Waals surface area contributed by atoms with Crippen LogP contribution in [-0.4, -0.2) is 15.8 Å². The van der Waals surface area contributed by atoms with Crippen LogP contribution in [0.2, 0.25) is 0 Å². The van der Waals surface area contributed by atoms with Gasteiger partial charge in [-0.2, -0.15) is 0 Å². The van der Waals surface area contributed by atoms with Gasteiger partial charge in [-0.15, -0.1) is 0 Å². The van der Waals surface area contributed by atoms with Gasteiger partial charge in [0.05, 0.1) is 15.1 Å². The largest absolute Gasteiger partial charge is 0.298 e. The predicted molar refractivity (Wildman–Crippen MR) is 90.1 cm³/mol. The number of hydrogen-bond donors (Lipinski definition) is 1. The third-order valence-corrected chi connectivity index (χ3v) is 4.36. The Morgan fingerprint density at radius 1 is 1.26 bits per heavy atom. The summed E-state index contributed by atoms with van der Waals surface area (Å²) in [6.07, 6.45) is 0. The van der Waals surface area contributed by atoms with E-state index in [1.807, 2.05) is 25.1 Å². The van der Waals surface area contributed by atoms with Crippen LogP contribution < -0.4 is 5.32 Å². The van der Waals surface area contributed by atoms with Crippen molar-refractivity contribution in [1.29, 1.82) is 0 Å². The Bertz CT molecular complexity index is 933. The van der Waals surface area contributed by atoms with Crippen LogP contribution in [0.4, 0.5) is 10.8 Å². The normalized spacial score (nSPS) is 10.7. The van der Waals surface area contributed by atoms with Crippen molar-refractivity contribution in [3.05, 3.63) is 63.2 Å². The molecule has 0 aliphatic carbocycles. The number of thiazole rings is 1. The van der Waals surface area contributed by atoms with Crippen LogP contribution in [0, 0.1) is 24.0 Å². The highest BCUT2D eigenvalue weighted by atomic mass is 32.1. The lowest BCUT2D eigenvalue weighted by molar-refractivity contribution is -0.385. The molecule has 116 valence electrons. The van der Waals surface area contributed by atoms with Gasteiger partial charge >= 0.3 is 0 Å². The first kappa shape index (κ1) is 15.1. The second kappa shape index (κ2) is 5.77. The fourth-order valence-electron chi connectivity index (χ4n) is 2.33. The van der Waals surface area contributed by atoms with E-state index in [4.69, 9.17) is 0 Å². The van der Waals surface area contributed by atoms with Gasteiger partial charge in [0.1, 0.15) is 5.56 Å². The number of para-hydroxylation sites is 1. The van der Waals surface area contributed by atoms with Crippen molar-refractivity contribution in [1.82, 2.24) is 4.98 Å². The number of nitro groups is 1. The minimum Gasteiger partial charge on any atom is -0.298 e. The van der Waals surface area contributed by atoms with Crippen LogP contribution in [0.25, 0.3) is 10.2 Å². The summed E-state index contributed by atoms with van der Waals surface area (Å²) in [5, 5.41) is 14.3. The van der Waals surface area contributed by atoms with Gasteiger partial charge in [0.2, 0.25) is 0 Å². The summed E-state index contributed by atoms with van der Waals surface area (Å²) in [7, 11) is 0. The van der Waals surface area contributed by atoms with Crippen LogP contribution >= 0.6 is 11.3 Å². The van der Waals surface area contributed by atoms with Gasteiger partial charge in [0, 0.05) is 5.56 Å². The maximum absolute atomic E-state index is 12.4. The summed E-state index contributed by atoms with van der Waals surface area (Å²) in [6.45, 7) is 3.59. The molecule has 0 saturated heterocycles. The molecule has 0 aliphatic rings.